The van der Waals surface area contributed by atoms with E-state index in [0.717, 1.165) is 24.2 Å². The van der Waals surface area contributed by atoms with Crippen LogP contribution in [-0.2, 0) is 0 Å². The highest BCUT2D eigenvalue weighted by Gasteiger charge is 2.39. The third-order valence-electron chi connectivity index (χ3n) is 4.28. The number of rotatable bonds is 2. The Morgan fingerprint density at radius 1 is 1.48 bits per heavy atom. The Morgan fingerprint density at radius 3 is 2.76 bits per heavy atom. The summed E-state index contributed by atoms with van der Waals surface area (Å²) in [5.41, 5.74) is 1.07. The van der Waals surface area contributed by atoms with Gasteiger partial charge in [0.15, 0.2) is 0 Å². The predicted octanol–water partition coefficient (Wildman–Crippen LogP) is 3.05. The Kier molecular flexibility index (Phi) is 3.42. The quantitative estimate of drug-likeness (QED) is 0.924. The van der Waals surface area contributed by atoms with E-state index in [0.29, 0.717) is 16.7 Å². The van der Waals surface area contributed by atoms with Crippen molar-refractivity contribution >= 4 is 17.3 Å². The number of hydrogen-bond acceptors (Lipinski definition) is 5. The van der Waals surface area contributed by atoms with Crippen LogP contribution in [0.2, 0.25) is 5.02 Å². The van der Waals surface area contributed by atoms with E-state index >= 15 is 0 Å². The van der Waals surface area contributed by atoms with Crippen molar-refractivity contribution in [3.8, 4) is 11.4 Å². The largest absolute Gasteiger partial charge is 0.388 e. The lowest BCUT2D eigenvalue weighted by atomic mass is 9.99. The summed E-state index contributed by atoms with van der Waals surface area (Å²) in [5, 5.41) is 14.8. The second-order valence-corrected chi connectivity index (χ2v) is 6.18. The molecule has 6 heteroatoms. The van der Waals surface area contributed by atoms with E-state index in [1.54, 1.807) is 6.92 Å². The van der Waals surface area contributed by atoms with Gasteiger partial charge in [0.05, 0.1) is 16.7 Å². The van der Waals surface area contributed by atoms with Gasteiger partial charge in [-0.2, -0.15) is 4.98 Å². The van der Waals surface area contributed by atoms with Crippen molar-refractivity contribution in [2.45, 2.75) is 38.8 Å². The van der Waals surface area contributed by atoms with Gasteiger partial charge in [-0.05, 0) is 38.5 Å². The summed E-state index contributed by atoms with van der Waals surface area (Å²) in [5.74, 6) is 1.000. The summed E-state index contributed by atoms with van der Waals surface area (Å²) in [6, 6.07) is 5.80. The van der Waals surface area contributed by atoms with Crippen LogP contribution in [-0.4, -0.2) is 33.4 Å². The summed E-state index contributed by atoms with van der Waals surface area (Å²) >= 11 is 6.36. The molecular weight excluding hydrogens is 290 g/mol. The molecule has 2 aromatic rings. The molecule has 3 rings (SSSR count). The molecule has 1 saturated heterocycles. The van der Waals surface area contributed by atoms with Gasteiger partial charge >= 0.3 is 0 Å². The maximum absolute atomic E-state index is 10.3. The normalized spacial score (nSPS) is 25.6. The molecule has 0 amide bonds. The molecule has 1 aliphatic heterocycles. The highest BCUT2D eigenvalue weighted by molar-refractivity contribution is 6.33. The van der Waals surface area contributed by atoms with Crippen LogP contribution in [0.25, 0.3) is 11.4 Å². The second-order valence-electron chi connectivity index (χ2n) is 5.78. The SMILES string of the molecule is Cc1nc(-c2ccc(N3CC[C@](C)(O)[C@@H]3C)cc2Cl)no1. The van der Waals surface area contributed by atoms with Gasteiger partial charge in [0.25, 0.3) is 0 Å². The molecule has 1 aromatic carbocycles. The number of benzene rings is 1. The maximum atomic E-state index is 10.3. The van der Waals surface area contributed by atoms with E-state index in [1.165, 1.54) is 0 Å². The lowest BCUT2D eigenvalue weighted by Gasteiger charge is -2.30. The Bertz CT molecular complexity index is 669. The number of anilines is 1. The number of aromatic nitrogens is 2. The van der Waals surface area contributed by atoms with Crippen molar-refractivity contribution < 1.29 is 9.63 Å². The second kappa shape index (κ2) is 5.00. The smallest absolute Gasteiger partial charge is 0.223 e. The van der Waals surface area contributed by atoms with Crippen LogP contribution in [0.1, 0.15) is 26.2 Å². The van der Waals surface area contributed by atoms with Crippen LogP contribution in [0.4, 0.5) is 5.69 Å². The minimum atomic E-state index is -0.671. The average Bonchev–Trinajstić information content (AvgIpc) is 2.95. The summed E-state index contributed by atoms with van der Waals surface area (Å²) in [4.78, 5) is 6.35. The van der Waals surface area contributed by atoms with Crippen molar-refractivity contribution in [2.24, 2.45) is 0 Å². The monoisotopic (exact) mass is 307 g/mol. The zero-order chi connectivity index (χ0) is 15.2. The van der Waals surface area contributed by atoms with Crippen molar-refractivity contribution in [1.82, 2.24) is 10.1 Å². The van der Waals surface area contributed by atoms with E-state index in [-0.39, 0.29) is 6.04 Å². The summed E-state index contributed by atoms with van der Waals surface area (Å²) in [6.45, 7) is 6.45. The van der Waals surface area contributed by atoms with Crippen molar-refractivity contribution in [3.05, 3.63) is 29.1 Å². The first-order valence-electron chi connectivity index (χ1n) is 6.98. The zero-order valence-electron chi connectivity index (χ0n) is 12.3. The number of halogens is 1. The minimum Gasteiger partial charge on any atom is -0.388 e. The van der Waals surface area contributed by atoms with Gasteiger partial charge in [-0.1, -0.05) is 16.8 Å². The molecule has 1 fully saturated rings. The van der Waals surface area contributed by atoms with Crippen molar-refractivity contribution in [1.29, 1.82) is 0 Å². The summed E-state index contributed by atoms with van der Waals surface area (Å²) < 4.78 is 4.99. The molecule has 2 heterocycles. The number of hydrogen-bond donors (Lipinski definition) is 1. The highest BCUT2D eigenvalue weighted by Crippen LogP contribution is 2.36. The fraction of sp³-hybridized carbons (Fsp3) is 0.467. The van der Waals surface area contributed by atoms with Crippen LogP contribution in [0.5, 0.6) is 0 Å². The Balaban J connectivity index is 1.92. The zero-order valence-corrected chi connectivity index (χ0v) is 13.1. The molecule has 112 valence electrons. The molecule has 5 nitrogen and oxygen atoms in total. The molecule has 2 atom stereocenters. The molecule has 0 bridgehead atoms. The standard InChI is InChI=1S/C15H18ClN3O2/c1-9-15(3,20)6-7-19(9)11-4-5-12(13(16)8-11)14-17-10(2)21-18-14/h4-5,8-9,20H,6-7H2,1-3H3/t9-,15-/m0/s1. The molecule has 0 aliphatic carbocycles. The van der Waals surface area contributed by atoms with Gasteiger partial charge < -0.3 is 14.5 Å². The van der Waals surface area contributed by atoms with Crippen molar-refractivity contribution in [2.75, 3.05) is 11.4 Å². The molecule has 0 saturated carbocycles. The van der Waals surface area contributed by atoms with Gasteiger partial charge in [0.1, 0.15) is 0 Å². The van der Waals surface area contributed by atoms with Crippen LogP contribution in [0, 0.1) is 6.92 Å². The maximum Gasteiger partial charge on any atom is 0.223 e. The van der Waals surface area contributed by atoms with E-state index in [1.807, 2.05) is 32.0 Å². The molecule has 21 heavy (non-hydrogen) atoms. The molecule has 1 aliphatic rings. The molecular formula is C15H18ClN3O2. The third-order valence-corrected chi connectivity index (χ3v) is 4.59. The predicted molar refractivity (Wildman–Crippen MR) is 81.5 cm³/mol. The van der Waals surface area contributed by atoms with E-state index in [2.05, 4.69) is 15.0 Å². The van der Waals surface area contributed by atoms with E-state index in [9.17, 15) is 5.11 Å². The molecule has 0 radical (unpaired) electrons. The Hall–Kier alpha value is -1.59. The lowest BCUT2D eigenvalue weighted by molar-refractivity contribution is 0.0566. The average molecular weight is 308 g/mol. The highest BCUT2D eigenvalue weighted by atomic mass is 35.5. The Morgan fingerprint density at radius 2 is 2.24 bits per heavy atom. The fourth-order valence-corrected chi connectivity index (χ4v) is 2.97. The van der Waals surface area contributed by atoms with Crippen LogP contribution in [0.3, 0.4) is 0 Å². The first kappa shape index (κ1) is 14.4. The fourth-order valence-electron chi connectivity index (χ4n) is 2.71. The van der Waals surface area contributed by atoms with Crippen LogP contribution >= 0.6 is 11.6 Å². The number of aliphatic hydroxyl groups is 1. The van der Waals surface area contributed by atoms with Gasteiger partial charge in [0.2, 0.25) is 11.7 Å². The lowest BCUT2D eigenvalue weighted by Crippen LogP contribution is -2.40. The topological polar surface area (TPSA) is 62.4 Å². The molecule has 0 spiro atoms. The van der Waals surface area contributed by atoms with E-state index in [4.69, 9.17) is 16.1 Å². The first-order chi connectivity index (χ1) is 9.88. The molecule has 1 aromatic heterocycles. The summed E-state index contributed by atoms with van der Waals surface area (Å²) in [6.07, 6.45) is 0.748. The van der Waals surface area contributed by atoms with Crippen LogP contribution < -0.4 is 4.90 Å². The number of nitrogens with zero attached hydrogens (tertiary/aromatic N) is 3. The Labute approximate surface area is 128 Å². The first-order valence-corrected chi connectivity index (χ1v) is 7.35. The summed E-state index contributed by atoms with van der Waals surface area (Å²) in [7, 11) is 0. The van der Waals surface area contributed by atoms with Crippen LogP contribution in [0.15, 0.2) is 22.7 Å². The molecule has 0 unspecified atom stereocenters. The van der Waals surface area contributed by atoms with E-state index < -0.39 is 5.60 Å². The number of aryl methyl sites for hydroxylation is 1. The van der Waals surface area contributed by atoms with Gasteiger partial charge in [-0.3, -0.25) is 0 Å². The molecule has 1 N–H and O–H groups in total. The third kappa shape index (κ3) is 2.51. The van der Waals surface area contributed by atoms with Gasteiger partial charge in [0, 0.05) is 24.7 Å². The minimum absolute atomic E-state index is 0.0480. The van der Waals surface area contributed by atoms with Gasteiger partial charge in [-0.25, -0.2) is 0 Å². The van der Waals surface area contributed by atoms with Crippen molar-refractivity contribution in [3.63, 3.8) is 0 Å². The van der Waals surface area contributed by atoms with Gasteiger partial charge in [-0.15, -0.1) is 0 Å².